The van der Waals surface area contributed by atoms with Crippen LogP contribution in [0.1, 0.15) is 25.2 Å². The minimum absolute atomic E-state index is 0.204. The summed E-state index contributed by atoms with van der Waals surface area (Å²) < 4.78 is 15.5. The average Bonchev–Trinajstić information content (AvgIpc) is 2.68. The van der Waals surface area contributed by atoms with Crippen molar-refractivity contribution in [3.05, 3.63) is 35.4 Å². The second-order valence-electron chi connectivity index (χ2n) is 4.30. The Labute approximate surface area is 106 Å². The minimum atomic E-state index is -0.375. The van der Waals surface area contributed by atoms with Gasteiger partial charge in [-0.2, -0.15) is 5.10 Å². The molecule has 2 N–H and O–H groups in total. The lowest BCUT2D eigenvalue weighted by Crippen LogP contribution is -1.99. The number of benzene rings is 1. The molecule has 0 aliphatic heterocycles. The second-order valence-corrected chi connectivity index (χ2v) is 4.30. The van der Waals surface area contributed by atoms with Crippen LogP contribution in [0.5, 0.6) is 0 Å². The Balaban J connectivity index is 2.73. The van der Waals surface area contributed by atoms with Crippen LogP contribution in [-0.2, 0) is 19.9 Å². The molecule has 0 saturated carbocycles. The molecule has 0 aliphatic carbocycles. The number of nitrogen functional groups attached to an aromatic ring is 1. The van der Waals surface area contributed by atoms with Crippen molar-refractivity contribution in [3.63, 3.8) is 0 Å². The number of nitrogens with zero attached hydrogens (tertiary/aromatic N) is 2. The van der Waals surface area contributed by atoms with E-state index in [-0.39, 0.29) is 11.5 Å². The van der Waals surface area contributed by atoms with E-state index in [9.17, 15) is 4.39 Å². The molecular weight excluding hydrogens is 229 g/mol. The lowest BCUT2D eigenvalue weighted by molar-refractivity contribution is 0.633. The Morgan fingerprint density at radius 3 is 2.61 bits per heavy atom. The number of hydrogen-bond donors (Lipinski definition) is 1. The zero-order chi connectivity index (χ0) is 13.3. The SMILES string of the molecule is CCc1nn(C)c(CC)c1-c1cccc(F)c1N. The van der Waals surface area contributed by atoms with Gasteiger partial charge < -0.3 is 5.73 Å². The molecule has 2 rings (SSSR count). The van der Waals surface area contributed by atoms with Gasteiger partial charge >= 0.3 is 0 Å². The van der Waals surface area contributed by atoms with E-state index < -0.39 is 0 Å². The maximum Gasteiger partial charge on any atom is 0.146 e. The molecule has 0 atom stereocenters. The predicted molar refractivity (Wildman–Crippen MR) is 71.8 cm³/mol. The molecule has 0 bridgehead atoms. The lowest BCUT2D eigenvalue weighted by atomic mass is 9.99. The molecule has 0 spiro atoms. The van der Waals surface area contributed by atoms with Gasteiger partial charge in [0, 0.05) is 23.9 Å². The van der Waals surface area contributed by atoms with E-state index in [4.69, 9.17) is 5.73 Å². The number of rotatable bonds is 3. The van der Waals surface area contributed by atoms with Crippen molar-refractivity contribution >= 4 is 5.69 Å². The summed E-state index contributed by atoms with van der Waals surface area (Å²) in [5, 5.41) is 4.49. The standard InChI is InChI=1S/C14H18FN3/c1-4-11-13(12(5-2)18(3)17-11)9-7-6-8-10(15)14(9)16/h6-8H,4-5,16H2,1-3H3. The van der Waals surface area contributed by atoms with E-state index in [1.54, 1.807) is 6.07 Å². The maximum absolute atomic E-state index is 13.6. The van der Waals surface area contributed by atoms with E-state index in [2.05, 4.69) is 12.0 Å². The molecule has 0 unspecified atom stereocenters. The highest BCUT2D eigenvalue weighted by molar-refractivity contribution is 5.80. The first-order chi connectivity index (χ1) is 8.60. The van der Waals surface area contributed by atoms with E-state index in [1.165, 1.54) is 6.07 Å². The fourth-order valence-electron chi connectivity index (χ4n) is 2.34. The first-order valence-corrected chi connectivity index (χ1v) is 6.19. The monoisotopic (exact) mass is 247 g/mol. The normalized spacial score (nSPS) is 10.9. The highest BCUT2D eigenvalue weighted by Crippen LogP contribution is 2.33. The van der Waals surface area contributed by atoms with Crippen LogP contribution in [0.25, 0.3) is 11.1 Å². The Kier molecular flexibility index (Phi) is 3.36. The molecule has 0 radical (unpaired) electrons. The van der Waals surface area contributed by atoms with Gasteiger partial charge in [0.15, 0.2) is 0 Å². The van der Waals surface area contributed by atoms with E-state index >= 15 is 0 Å². The number of nitrogens with two attached hydrogens (primary N) is 1. The van der Waals surface area contributed by atoms with Crippen LogP contribution in [0.2, 0.25) is 0 Å². The molecule has 2 aromatic rings. The molecule has 96 valence electrons. The van der Waals surface area contributed by atoms with E-state index in [0.29, 0.717) is 0 Å². The first-order valence-electron chi connectivity index (χ1n) is 6.19. The first kappa shape index (κ1) is 12.6. The molecular formula is C14H18FN3. The molecule has 0 aliphatic rings. The largest absolute Gasteiger partial charge is 0.396 e. The summed E-state index contributed by atoms with van der Waals surface area (Å²) in [5.74, 6) is -0.375. The molecule has 0 amide bonds. The third-order valence-electron chi connectivity index (χ3n) is 3.23. The molecule has 1 heterocycles. The molecule has 0 saturated heterocycles. The highest BCUT2D eigenvalue weighted by Gasteiger charge is 2.18. The zero-order valence-electron chi connectivity index (χ0n) is 11.0. The number of anilines is 1. The fourth-order valence-corrected chi connectivity index (χ4v) is 2.34. The van der Waals surface area contributed by atoms with Gasteiger partial charge in [-0.05, 0) is 18.9 Å². The van der Waals surface area contributed by atoms with Gasteiger partial charge in [-0.1, -0.05) is 26.0 Å². The van der Waals surface area contributed by atoms with Gasteiger partial charge in [0.1, 0.15) is 5.82 Å². The van der Waals surface area contributed by atoms with Crippen LogP contribution >= 0.6 is 0 Å². The predicted octanol–water partition coefficient (Wildman–Crippen LogP) is 2.93. The van der Waals surface area contributed by atoms with E-state index in [0.717, 1.165) is 35.4 Å². The van der Waals surface area contributed by atoms with Crippen LogP contribution in [0.4, 0.5) is 10.1 Å². The summed E-state index contributed by atoms with van der Waals surface area (Å²) >= 11 is 0. The summed E-state index contributed by atoms with van der Waals surface area (Å²) in [6.45, 7) is 4.11. The quantitative estimate of drug-likeness (QED) is 0.847. The summed E-state index contributed by atoms with van der Waals surface area (Å²) in [6.07, 6.45) is 1.65. The van der Waals surface area contributed by atoms with Gasteiger partial charge in [0.2, 0.25) is 0 Å². The van der Waals surface area contributed by atoms with Crippen LogP contribution in [0, 0.1) is 5.82 Å². The fraction of sp³-hybridized carbons (Fsp3) is 0.357. The van der Waals surface area contributed by atoms with Gasteiger partial charge in [0.25, 0.3) is 0 Å². The number of hydrogen-bond acceptors (Lipinski definition) is 2. The summed E-state index contributed by atoms with van der Waals surface area (Å²) in [5.41, 5.74) is 9.85. The van der Waals surface area contributed by atoms with Gasteiger partial charge in [-0.15, -0.1) is 0 Å². The number of halogens is 1. The summed E-state index contributed by atoms with van der Waals surface area (Å²) in [6, 6.07) is 4.92. The Hall–Kier alpha value is -1.84. The van der Waals surface area contributed by atoms with Crippen LogP contribution in [-0.4, -0.2) is 9.78 Å². The van der Waals surface area contributed by atoms with Crippen molar-refractivity contribution in [2.24, 2.45) is 7.05 Å². The summed E-state index contributed by atoms with van der Waals surface area (Å²) in [7, 11) is 1.91. The average molecular weight is 247 g/mol. The molecule has 4 heteroatoms. The van der Waals surface area contributed by atoms with Crippen LogP contribution in [0.3, 0.4) is 0 Å². The van der Waals surface area contributed by atoms with E-state index in [1.807, 2.05) is 24.7 Å². The topological polar surface area (TPSA) is 43.8 Å². The van der Waals surface area contributed by atoms with Crippen molar-refractivity contribution < 1.29 is 4.39 Å². The number of aryl methyl sites for hydroxylation is 2. The smallest absolute Gasteiger partial charge is 0.146 e. The molecule has 3 nitrogen and oxygen atoms in total. The molecule has 0 fully saturated rings. The van der Waals surface area contributed by atoms with Crippen LogP contribution < -0.4 is 5.73 Å². The Morgan fingerprint density at radius 2 is 2.00 bits per heavy atom. The third-order valence-corrected chi connectivity index (χ3v) is 3.23. The van der Waals surface area contributed by atoms with Crippen LogP contribution in [0.15, 0.2) is 18.2 Å². The van der Waals surface area contributed by atoms with Gasteiger partial charge in [-0.3, -0.25) is 4.68 Å². The molecule has 1 aromatic heterocycles. The van der Waals surface area contributed by atoms with Crippen molar-refractivity contribution in [2.45, 2.75) is 26.7 Å². The lowest BCUT2D eigenvalue weighted by Gasteiger charge is -2.09. The van der Waals surface area contributed by atoms with Crippen molar-refractivity contribution in [1.82, 2.24) is 9.78 Å². The van der Waals surface area contributed by atoms with Crippen molar-refractivity contribution in [2.75, 3.05) is 5.73 Å². The van der Waals surface area contributed by atoms with Gasteiger partial charge in [-0.25, -0.2) is 4.39 Å². The Morgan fingerprint density at radius 1 is 1.28 bits per heavy atom. The number of para-hydroxylation sites is 1. The maximum atomic E-state index is 13.6. The minimum Gasteiger partial charge on any atom is -0.396 e. The van der Waals surface area contributed by atoms with Crippen molar-refractivity contribution in [3.8, 4) is 11.1 Å². The second kappa shape index (κ2) is 4.80. The highest BCUT2D eigenvalue weighted by atomic mass is 19.1. The Bertz CT molecular complexity index is 573. The third kappa shape index (κ3) is 1.88. The summed E-state index contributed by atoms with van der Waals surface area (Å²) in [4.78, 5) is 0. The zero-order valence-corrected chi connectivity index (χ0v) is 11.0. The van der Waals surface area contributed by atoms with Gasteiger partial charge in [0.05, 0.1) is 11.4 Å². The molecule has 1 aromatic carbocycles. The number of aromatic nitrogens is 2. The van der Waals surface area contributed by atoms with Crippen molar-refractivity contribution in [1.29, 1.82) is 0 Å². The molecule has 18 heavy (non-hydrogen) atoms.